The number of anilines is 2. The number of hydrogen-bond acceptors (Lipinski definition) is 5. The molecule has 0 saturated carbocycles. The van der Waals surface area contributed by atoms with Gasteiger partial charge in [-0.2, -0.15) is 0 Å². The minimum absolute atomic E-state index is 0.117. The third-order valence-corrected chi connectivity index (χ3v) is 4.79. The van der Waals surface area contributed by atoms with E-state index in [0.29, 0.717) is 24.8 Å². The van der Waals surface area contributed by atoms with Crippen LogP contribution in [0.2, 0.25) is 0 Å². The van der Waals surface area contributed by atoms with E-state index in [1.165, 1.54) is 20.2 Å². The fourth-order valence-corrected chi connectivity index (χ4v) is 2.78. The van der Waals surface area contributed by atoms with Gasteiger partial charge in [0.1, 0.15) is 4.90 Å². The monoisotopic (exact) mass is 301 g/mol. The summed E-state index contributed by atoms with van der Waals surface area (Å²) in [6, 6.07) is 4.95. The van der Waals surface area contributed by atoms with Crippen molar-refractivity contribution in [2.75, 3.05) is 45.4 Å². The number of methoxy groups -OCH3 is 1. The van der Waals surface area contributed by atoms with E-state index in [0.717, 1.165) is 4.31 Å². The Morgan fingerprint density at radius 2 is 2.05 bits per heavy atom. The Hall–Kier alpha value is -1.31. The van der Waals surface area contributed by atoms with Crippen LogP contribution in [0.1, 0.15) is 6.92 Å². The van der Waals surface area contributed by atoms with Crippen LogP contribution in [0, 0.1) is 5.92 Å². The van der Waals surface area contributed by atoms with Gasteiger partial charge in [-0.25, -0.2) is 12.7 Å². The highest BCUT2D eigenvalue weighted by atomic mass is 32.2. The molecule has 1 rings (SSSR count). The number of rotatable bonds is 7. The molecule has 20 heavy (non-hydrogen) atoms. The van der Waals surface area contributed by atoms with Gasteiger partial charge < -0.3 is 15.8 Å². The average molecular weight is 301 g/mol. The van der Waals surface area contributed by atoms with Crippen molar-refractivity contribution in [2.24, 2.45) is 5.92 Å². The maximum Gasteiger partial charge on any atom is 0.244 e. The summed E-state index contributed by atoms with van der Waals surface area (Å²) >= 11 is 0. The van der Waals surface area contributed by atoms with Gasteiger partial charge in [0, 0.05) is 27.7 Å². The molecule has 0 amide bonds. The molecule has 6 nitrogen and oxygen atoms in total. The first-order valence-electron chi connectivity index (χ1n) is 6.34. The molecule has 1 atom stereocenters. The van der Waals surface area contributed by atoms with Crippen LogP contribution in [0.3, 0.4) is 0 Å². The molecular weight excluding hydrogens is 278 g/mol. The lowest BCUT2D eigenvalue weighted by Crippen LogP contribution is -2.24. The number of para-hydroxylation sites is 1. The van der Waals surface area contributed by atoms with Gasteiger partial charge in [-0.15, -0.1) is 0 Å². The van der Waals surface area contributed by atoms with Gasteiger partial charge in [0.2, 0.25) is 10.0 Å². The summed E-state index contributed by atoms with van der Waals surface area (Å²) in [6.07, 6.45) is 0. The SMILES string of the molecule is COCC(C)CNc1cccc(S(=O)(=O)N(C)C)c1N. The molecule has 7 heteroatoms. The smallest absolute Gasteiger partial charge is 0.244 e. The quantitative estimate of drug-likeness (QED) is 0.740. The lowest BCUT2D eigenvalue weighted by Gasteiger charge is -2.18. The van der Waals surface area contributed by atoms with Gasteiger partial charge in [-0.05, 0) is 18.1 Å². The Morgan fingerprint density at radius 1 is 1.40 bits per heavy atom. The number of nitrogen functional groups attached to an aromatic ring is 1. The van der Waals surface area contributed by atoms with Crippen LogP contribution < -0.4 is 11.1 Å². The number of sulfonamides is 1. The normalized spacial score (nSPS) is 13.4. The number of benzene rings is 1. The molecule has 114 valence electrons. The number of nitrogens with one attached hydrogen (secondary N) is 1. The van der Waals surface area contributed by atoms with E-state index in [9.17, 15) is 8.42 Å². The Balaban J connectivity index is 2.97. The summed E-state index contributed by atoms with van der Waals surface area (Å²) in [5, 5.41) is 3.16. The van der Waals surface area contributed by atoms with Crippen molar-refractivity contribution in [3.05, 3.63) is 18.2 Å². The molecule has 0 spiro atoms. The van der Waals surface area contributed by atoms with Crippen LogP contribution in [0.4, 0.5) is 11.4 Å². The van der Waals surface area contributed by atoms with Crippen LogP contribution in [0.25, 0.3) is 0 Å². The van der Waals surface area contributed by atoms with Gasteiger partial charge in [0.25, 0.3) is 0 Å². The van der Waals surface area contributed by atoms with E-state index in [4.69, 9.17) is 10.5 Å². The largest absolute Gasteiger partial charge is 0.396 e. The summed E-state index contributed by atoms with van der Waals surface area (Å²) in [6.45, 7) is 3.32. The number of hydrogen-bond donors (Lipinski definition) is 2. The highest BCUT2D eigenvalue weighted by Crippen LogP contribution is 2.28. The number of nitrogens with two attached hydrogens (primary N) is 1. The average Bonchev–Trinajstić information content (AvgIpc) is 2.37. The zero-order chi connectivity index (χ0) is 15.3. The predicted octanol–water partition coefficient (Wildman–Crippen LogP) is 1.21. The maximum atomic E-state index is 12.1. The molecule has 0 fully saturated rings. The standard InChI is InChI=1S/C13H23N3O3S/c1-10(9-19-4)8-15-11-6-5-7-12(13(11)14)20(17,18)16(2)3/h5-7,10,15H,8-9,14H2,1-4H3. The molecule has 0 heterocycles. The molecule has 0 aliphatic rings. The van der Waals surface area contributed by atoms with Gasteiger partial charge >= 0.3 is 0 Å². The van der Waals surface area contributed by atoms with Crippen molar-refractivity contribution in [2.45, 2.75) is 11.8 Å². The zero-order valence-corrected chi connectivity index (χ0v) is 13.2. The Labute approximate surface area is 121 Å². The van der Waals surface area contributed by atoms with Crippen molar-refractivity contribution in [1.29, 1.82) is 0 Å². The highest BCUT2D eigenvalue weighted by molar-refractivity contribution is 7.89. The third-order valence-electron chi connectivity index (χ3n) is 2.92. The van der Waals surface area contributed by atoms with E-state index in [1.54, 1.807) is 19.2 Å². The maximum absolute atomic E-state index is 12.1. The molecule has 1 aromatic rings. The van der Waals surface area contributed by atoms with Gasteiger partial charge in [-0.3, -0.25) is 0 Å². The summed E-state index contributed by atoms with van der Waals surface area (Å²) in [7, 11) is 1.08. The molecule has 0 bridgehead atoms. The fourth-order valence-electron chi connectivity index (χ4n) is 1.75. The number of ether oxygens (including phenoxy) is 1. The molecule has 0 aliphatic carbocycles. The van der Waals surface area contributed by atoms with Crippen LogP contribution >= 0.6 is 0 Å². The van der Waals surface area contributed by atoms with Gasteiger partial charge in [0.15, 0.2) is 0 Å². The van der Waals surface area contributed by atoms with Crippen LogP contribution in [0.15, 0.2) is 23.1 Å². The lowest BCUT2D eigenvalue weighted by atomic mass is 10.2. The Kier molecular flexibility index (Phi) is 5.79. The van der Waals surface area contributed by atoms with Crippen LogP contribution in [0.5, 0.6) is 0 Å². The van der Waals surface area contributed by atoms with Crippen molar-refractivity contribution < 1.29 is 13.2 Å². The van der Waals surface area contributed by atoms with E-state index < -0.39 is 10.0 Å². The van der Waals surface area contributed by atoms with Crippen molar-refractivity contribution in [3.63, 3.8) is 0 Å². The second-order valence-electron chi connectivity index (χ2n) is 4.95. The fraction of sp³-hybridized carbons (Fsp3) is 0.538. The summed E-state index contributed by atoms with van der Waals surface area (Å²) in [5.41, 5.74) is 6.83. The molecule has 0 aromatic heterocycles. The Bertz CT molecular complexity index is 544. The summed E-state index contributed by atoms with van der Waals surface area (Å²) in [4.78, 5) is 0.117. The first-order chi connectivity index (χ1) is 9.30. The lowest BCUT2D eigenvalue weighted by molar-refractivity contribution is 0.164. The predicted molar refractivity (Wildman–Crippen MR) is 81.3 cm³/mol. The molecule has 1 unspecified atom stereocenters. The van der Waals surface area contributed by atoms with Crippen LogP contribution in [-0.2, 0) is 14.8 Å². The van der Waals surface area contributed by atoms with Gasteiger partial charge in [-0.1, -0.05) is 13.0 Å². The van der Waals surface area contributed by atoms with E-state index >= 15 is 0 Å². The molecular formula is C13H23N3O3S. The van der Waals surface area contributed by atoms with Crippen LogP contribution in [-0.4, -0.2) is 47.1 Å². The van der Waals surface area contributed by atoms with Gasteiger partial charge in [0.05, 0.1) is 18.0 Å². The number of nitrogens with zero attached hydrogens (tertiary/aromatic N) is 1. The topological polar surface area (TPSA) is 84.7 Å². The van der Waals surface area contributed by atoms with Crippen molar-refractivity contribution in [1.82, 2.24) is 4.31 Å². The van der Waals surface area contributed by atoms with Crippen molar-refractivity contribution >= 4 is 21.4 Å². The molecule has 0 radical (unpaired) electrons. The second-order valence-corrected chi connectivity index (χ2v) is 7.07. The third kappa shape index (κ3) is 3.84. The minimum Gasteiger partial charge on any atom is -0.396 e. The molecule has 3 N–H and O–H groups in total. The molecule has 0 saturated heterocycles. The van der Waals surface area contributed by atoms with E-state index in [2.05, 4.69) is 5.32 Å². The highest BCUT2D eigenvalue weighted by Gasteiger charge is 2.21. The first-order valence-corrected chi connectivity index (χ1v) is 7.78. The van der Waals surface area contributed by atoms with Crippen molar-refractivity contribution in [3.8, 4) is 0 Å². The first kappa shape index (κ1) is 16.7. The Morgan fingerprint density at radius 3 is 2.60 bits per heavy atom. The molecule has 0 aliphatic heterocycles. The summed E-state index contributed by atoms with van der Waals surface area (Å²) < 4.78 is 30.5. The van der Waals surface area contributed by atoms with E-state index in [-0.39, 0.29) is 10.6 Å². The van der Waals surface area contributed by atoms with E-state index in [1.807, 2.05) is 6.92 Å². The molecule has 1 aromatic carbocycles. The second kappa shape index (κ2) is 6.92. The summed E-state index contributed by atoms with van der Waals surface area (Å²) in [5.74, 6) is 0.300. The zero-order valence-electron chi connectivity index (χ0n) is 12.4. The minimum atomic E-state index is -3.54.